The summed E-state index contributed by atoms with van der Waals surface area (Å²) in [5.74, 6) is -1.10. The summed E-state index contributed by atoms with van der Waals surface area (Å²) in [6.45, 7) is 2.66. The highest BCUT2D eigenvalue weighted by Crippen LogP contribution is 2.08. The van der Waals surface area contributed by atoms with E-state index in [-0.39, 0.29) is 11.3 Å². The fourth-order valence-electron chi connectivity index (χ4n) is 1.67. The Morgan fingerprint density at radius 2 is 1.95 bits per heavy atom. The lowest BCUT2D eigenvalue weighted by molar-refractivity contribution is 0.0696. The number of carboxylic acid groups (broad SMARTS) is 1. The number of benzene rings is 1. The molecule has 0 aliphatic carbocycles. The zero-order valence-corrected chi connectivity index (χ0v) is 11.0. The normalized spacial score (nSPS) is 10.8. The molecule has 0 amide bonds. The fourth-order valence-corrected chi connectivity index (χ4v) is 1.67. The lowest BCUT2D eigenvalue weighted by Crippen LogP contribution is -1.95. The Labute approximate surface area is 116 Å². The molecule has 5 heteroatoms. The van der Waals surface area contributed by atoms with Gasteiger partial charge in [0.25, 0.3) is 0 Å². The molecule has 0 aliphatic heterocycles. The molecule has 0 spiro atoms. The molecule has 2 rings (SSSR count). The van der Waals surface area contributed by atoms with Crippen LogP contribution >= 0.6 is 0 Å². The van der Waals surface area contributed by atoms with Crippen LogP contribution in [-0.2, 0) is 6.54 Å². The summed E-state index contributed by atoms with van der Waals surface area (Å²) in [5.41, 5.74) is 1.52. The lowest BCUT2D eigenvalue weighted by Gasteiger charge is -1.95. The van der Waals surface area contributed by atoms with E-state index >= 15 is 0 Å². The van der Waals surface area contributed by atoms with Gasteiger partial charge < -0.3 is 5.11 Å². The Kier molecular flexibility index (Phi) is 4.10. The van der Waals surface area contributed by atoms with E-state index in [9.17, 15) is 9.59 Å². The van der Waals surface area contributed by atoms with Crippen LogP contribution in [0.2, 0.25) is 0 Å². The van der Waals surface area contributed by atoms with E-state index in [0.29, 0.717) is 12.1 Å². The number of carboxylic acids is 1. The SMILES string of the molecule is CCn1cc(C(=O)/C=C/c2ccc(C(=O)O)cc2)cn1. The predicted molar refractivity (Wildman–Crippen MR) is 74.7 cm³/mol. The topological polar surface area (TPSA) is 72.2 Å². The molecule has 0 saturated carbocycles. The van der Waals surface area contributed by atoms with Crippen LogP contribution in [0.5, 0.6) is 0 Å². The van der Waals surface area contributed by atoms with Gasteiger partial charge in [-0.3, -0.25) is 9.48 Å². The Morgan fingerprint density at radius 1 is 1.25 bits per heavy atom. The van der Waals surface area contributed by atoms with Crippen molar-refractivity contribution >= 4 is 17.8 Å². The van der Waals surface area contributed by atoms with Gasteiger partial charge in [0.15, 0.2) is 5.78 Å². The van der Waals surface area contributed by atoms with Crippen molar-refractivity contribution in [2.24, 2.45) is 0 Å². The molecule has 1 aromatic heterocycles. The summed E-state index contributed by atoms with van der Waals surface area (Å²) in [6.07, 6.45) is 6.33. The van der Waals surface area contributed by atoms with E-state index in [1.54, 1.807) is 29.1 Å². The van der Waals surface area contributed by atoms with Gasteiger partial charge >= 0.3 is 5.97 Å². The molecule has 0 fully saturated rings. The molecule has 20 heavy (non-hydrogen) atoms. The number of hydrogen-bond acceptors (Lipinski definition) is 3. The summed E-state index contributed by atoms with van der Waals surface area (Å²) >= 11 is 0. The maximum absolute atomic E-state index is 11.9. The van der Waals surface area contributed by atoms with Crippen LogP contribution in [0.3, 0.4) is 0 Å². The summed E-state index contributed by atoms with van der Waals surface area (Å²) in [4.78, 5) is 22.6. The van der Waals surface area contributed by atoms with Crippen molar-refractivity contribution in [3.63, 3.8) is 0 Å². The number of aryl methyl sites for hydroxylation is 1. The van der Waals surface area contributed by atoms with E-state index in [1.807, 2.05) is 6.92 Å². The number of aromatic carboxylic acids is 1. The number of nitrogens with zero attached hydrogens (tertiary/aromatic N) is 2. The van der Waals surface area contributed by atoms with Crippen molar-refractivity contribution in [1.82, 2.24) is 9.78 Å². The first kappa shape index (κ1) is 13.7. The standard InChI is InChI=1S/C15H14N2O3/c1-2-17-10-13(9-16-17)14(18)8-5-11-3-6-12(7-4-11)15(19)20/h3-10H,2H2,1H3,(H,19,20)/b8-5+. The molecule has 0 bridgehead atoms. The Hall–Kier alpha value is -2.69. The number of ketones is 1. The highest BCUT2D eigenvalue weighted by atomic mass is 16.4. The first-order chi connectivity index (χ1) is 9.60. The molecule has 0 unspecified atom stereocenters. The average Bonchev–Trinajstić information content (AvgIpc) is 2.94. The predicted octanol–water partition coefficient (Wildman–Crippen LogP) is 2.50. The first-order valence-corrected chi connectivity index (χ1v) is 6.18. The van der Waals surface area contributed by atoms with Crippen LogP contribution in [0.25, 0.3) is 6.08 Å². The van der Waals surface area contributed by atoms with Gasteiger partial charge in [-0.05, 0) is 30.7 Å². The molecule has 1 aromatic carbocycles. The van der Waals surface area contributed by atoms with Crippen LogP contribution in [0.4, 0.5) is 0 Å². The van der Waals surface area contributed by atoms with E-state index in [2.05, 4.69) is 5.10 Å². The Balaban J connectivity index is 2.08. The van der Waals surface area contributed by atoms with Gasteiger partial charge in [0, 0.05) is 12.7 Å². The Bertz CT molecular complexity index is 654. The second-order valence-electron chi connectivity index (χ2n) is 4.21. The molecule has 1 heterocycles. The zero-order valence-electron chi connectivity index (χ0n) is 11.0. The van der Waals surface area contributed by atoms with E-state index in [1.165, 1.54) is 24.4 Å². The van der Waals surface area contributed by atoms with Crippen molar-refractivity contribution in [3.8, 4) is 0 Å². The monoisotopic (exact) mass is 270 g/mol. The molecule has 0 atom stereocenters. The highest BCUT2D eigenvalue weighted by molar-refractivity contribution is 6.06. The minimum absolute atomic E-state index is 0.132. The summed E-state index contributed by atoms with van der Waals surface area (Å²) < 4.78 is 1.68. The van der Waals surface area contributed by atoms with Gasteiger partial charge in [0.1, 0.15) is 0 Å². The quantitative estimate of drug-likeness (QED) is 0.669. The fraction of sp³-hybridized carbons (Fsp3) is 0.133. The summed E-state index contributed by atoms with van der Waals surface area (Å²) in [7, 11) is 0. The number of carbonyl (C=O) groups excluding carboxylic acids is 1. The maximum atomic E-state index is 11.9. The summed E-state index contributed by atoms with van der Waals surface area (Å²) in [5, 5.41) is 12.8. The van der Waals surface area contributed by atoms with Gasteiger partial charge in [0.05, 0.1) is 17.3 Å². The third-order valence-electron chi connectivity index (χ3n) is 2.83. The third-order valence-corrected chi connectivity index (χ3v) is 2.83. The van der Waals surface area contributed by atoms with Gasteiger partial charge in [-0.2, -0.15) is 5.10 Å². The molecule has 0 aliphatic rings. The first-order valence-electron chi connectivity index (χ1n) is 6.18. The van der Waals surface area contributed by atoms with Crippen molar-refractivity contribution in [1.29, 1.82) is 0 Å². The number of aromatic nitrogens is 2. The van der Waals surface area contributed by atoms with Crippen LogP contribution in [0, 0.1) is 0 Å². The molecule has 1 N–H and O–H groups in total. The Morgan fingerprint density at radius 3 is 2.50 bits per heavy atom. The van der Waals surface area contributed by atoms with E-state index < -0.39 is 5.97 Å². The number of rotatable bonds is 5. The molecule has 5 nitrogen and oxygen atoms in total. The maximum Gasteiger partial charge on any atom is 0.335 e. The number of allylic oxidation sites excluding steroid dienone is 1. The van der Waals surface area contributed by atoms with E-state index in [0.717, 1.165) is 5.56 Å². The van der Waals surface area contributed by atoms with Crippen LogP contribution in [0.1, 0.15) is 33.2 Å². The van der Waals surface area contributed by atoms with Crippen molar-refractivity contribution in [2.45, 2.75) is 13.5 Å². The van der Waals surface area contributed by atoms with Crippen LogP contribution in [-0.4, -0.2) is 26.6 Å². The van der Waals surface area contributed by atoms with Crippen molar-refractivity contribution in [2.75, 3.05) is 0 Å². The molecular formula is C15H14N2O3. The highest BCUT2D eigenvalue weighted by Gasteiger charge is 2.05. The van der Waals surface area contributed by atoms with Gasteiger partial charge in [-0.25, -0.2) is 4.79 Å². The lowest BCUT2D eigenvalue weighted by atomic mass is 10.1. The second kappa shape index (κ2) is 5.97. The molecule has 0 radical (unpaired) electrons. The molecule has 102 valence electrons. The minimum atomic E-state index is -0.969. The van der Waals surface area contributed by atoms with Gasteiger partial charge in [-0.15, -0.1) is 0 Å². The smallest absolute Gasteiger partial charge is 0.335 e. The number of carbonyl (C=O) groups is 2. The third kappa shape index (κ3) is 3.20. The van der Waals surface area contributed by atoms with Crippen molar-refractivity contribution in [3.05, 3.63) is 59.4 Å². The van der Waals surface area contributed by atoms with E-state index in [4.69, 9.17) is 5.11 Å². The molecular weight excluding hydrogens is 256 g/mol. The second-order valence-corrected chi connectivity index (χ2v) is 4.21. The average molecular weight is 270 g/mol. The molecule has 0 saturated heterocycles. The van der Waals surface area contributed by atoms with Gasteiger partial charge in [-0.1, -0.05) is 18.2 Å². The number of hydrogen-bond donors (Lipinski definition) is 1. The zero-order chi connectivity index (χ0) is 14.5. The minimum Gasteiger partial charge on any atom is -0.478 e. The van der Waals surface area contributed by atoms with Crippen LogP contribution in [0.15, 0.2) is 42.7 Å². The van der Waals surface area contributed by atoms with Crippen LogP contribution < -0.4 is 0 Å². The van der Waals surface area contributed by atoms with Gasteiger partial charge in [0.2, 0.25) is 0 Å². The molecule has 2 aromatic rings. The summed E-state index contributed by atoms with van der Waals surface area (Å²) in [6, 6.07) is 6.31. The largest absolute Gasteiger partial charge is 0.478 e. The van der Waals surface area contributed by atoms with Crippen molar-refractivity contribution < 1.29 is 14.7 Å².